The highest BCUT2D eigenvalue weighted by atomic mass is 16.5. The van der Waals surface area contributed by atoms with Gasteiger partial charge < -0.3 is 19.7 Å². The number of ketones is 1. The first-order chi connectivity index (χ1) is 7.77. The Morgan fingerprint density at radius 2 is 1.35 bits per heavy atom. The summed E-state index contributed by atoms with van der Waals surface area (Å²) in [6.07, 6.45) is 0.500. The molecule has 0 saturated heterocycles. The first-order valence-corrected chi connectivity index (χ1v) is 5.53. The number of hydrogen-bond donors (Lipinski definition) is 2. The second kappa shape index (κ2) is 24.3. The van der Waals surface area contributed by atoms with Crippen LogP contribution in [0.3, 0.4) is 0 Å². The molecular formula is C12H28O5. The van der Waals surface area contributed by atoms with Crippen LogP contribution in [0, 0.1) is 0 Å². The first kappa shape index (κ1) is 25.0. The highest BCUT2D eigenvalue weighted by Crippen LogP contribution is 1.71. The molecule has 0 aliphatic rings. The third-order valence-electron chi connectivity index (χ3n) is 0.845. The van der Waals surface area contributed by atoms with Gasteiger partial charge in [0.1, 0.15) is 5.78 Å². The van der Waals surface area contributed by atoms with E-state index in [1.54, 1.807) is 27.7 Å². The van der Waals surface area contributed by atoms with E-state index in [0.717, 1.165) is 7.11 Å². The number of hydrogen-bond acceptors (Lipinski definition) is 5. The molecule has 0 aromatic heterocycles. The minimum Gasteiger partial charge on any atom is -0.466 e. The van der Waals surface area contributed by atoms with Crippen LogP contribution in [0.4, 0.5) is 0 Å². The van der Waals surface area contributed by atoms with E-state index in [4.69, 9.17) is 10.2 Å². The third kappa shape index (κ3) is 156. The van der Waals surface area contributed by atoms with Crippen LogP contribution in [0.5, 0.6) is 0 Å². The predicted octanol–water partition coefficient (Wildman–Crippen LogP) is 1.55. The Balaban J connectivity index is -0.0000000705. The molecular weight excluding hydrogens is 224 g/mol. The van der Waals surface area contributed by atoms with Crippen molar-refractivity contribution in [3.05, 3.63) is 0 Å². The van der Waals surface area contributed by atoms with Crippen molar-refractivity contribution in [2.24, 2.45) is 0 Å². The number of esters is 1. The summed E-state index contributed by atoms with van der Waals surface area (Å²) in [6.45, 7) is 10.5. The van der Waals surface area contributed by atoms with Crippen LogP contribution in [0.1, 0.15) is 48.0 Å². The molecule has 2 N–H and O–H groups in total. The van der Waals surface area contributed by atoms with Gasteiger partial charge in [0, 0.05) is 26.6 Å². The van der Waals surface area contributed by atoms with E-state index in [2.05, 4.69) is 4.74 Å². The van der Waals surface area contributed by atoms with E-state index in [1.165, 1.54) is 6.92 Å². The minimum absolute atomic E-state index is 0.167. The molecule has 0 aliphatic carbocycles. The van der Waals surface area contributed by atoms with E-state index in [-0.39, 0.29) is 17.9 Å². The summed E-state index contributed by atoms with van der Waals surface area (Å²) in [4.78, 5) is 19.6. The van der Waals surface area contributed by atoms with E-state index in [9.17, 15) is 9.59 Å². The lowest BCUT2D eigenvalue weighted by Crippen LogP contribution is -1.95. The zero-order valence-electron chi connectivity index (χ0n) is 12.1. The Bertz CT molecular complexity index is 152. The molecule has 0 aromatic carbocycles. The maximum absolute atomic E-state index is 9.82. The van der Waals surface area contributed by atoms with Gasteiger partial charge in [-0.3, -0.25) is 4.79 Å². The van der Waals surface area contributed by atoms with Gasteiger partial charge in [0.05, 0.1) is 6.61 Å². The maximum Gasteiger partial charge on any atom is 0.302 e. The van der Waals surface area contributed by atoms with E-state index in [1.807, 2.05) is 6.92 Å². The summed E-state index contributed by atoms with van der Waals surface area (Å²) < 4.78 is 4.40. The van der Waals surface area contributed by atoms with Gasteiger partial charge >= 0.3 is 5.97 Å². The van der Waals surface area contributed by atoms with Crippen molar-refractivity contribution in [1.82, 2.24) is 0 Å². The van der Waals surface area contributed by atoms with E-state index < -0.39 is 0 Å². The fourth-order valence-corrected chi connectivity index (χ4v) is 0.203. The average molecular weight is 252 g/mol. The standard InChI is InChI=1S/C4H8O2.C4H8O.C3H8O.CH4O/c1-3-6-4(2)5;1-3-4(2)5;1-3(2)4;1-2/h3H2,1-2H3;3H2,1-2H3;3-4H,1-2H3;2H,1H3. The van der Waals surface area contributed by atoms with Gasteiger partial charge in [0.15, 0.2) is 0 Å². The number of aliphatic hydroxyl groups excluding tert-OH is 2. The lowest BCUT2D eigenvalue weighted by molar-refractivity contribution is -0.140. The molecule has 106 valence electrons. The van der Waals surface area contributed by atoms with Gasteiger partial charge in [0.2, 0.25) is 0 Å². The average Bonchev–Trinajstić information content (AvgIpc) is 2.20. The maximum atomic E-state index is 9.82. The molecule has 0 spiro atoms. The van der Waals surface area contributed by atoms with Crippen molar-refractivity contribution in [1.29, 1.82) is 0 Å². The molecule has 17 heavy (non-hydrogen) atoms. The van der Waals surface area contributed by atoms with Crippen LogP contribution in [0.15, 0.2) is 0 Å². The Labute approximate surface area is 105 Å². The second-order valence-electron chi connectivity index (χ2n) is 3.07. The molecule has 0 amide bonds. The highest BCUT2D eigenvalue weighted by Gasteiger charge is 1.81. The van der Waals surface area contributed by atoms with Crippen LogP contribution in [0.2, 0.25) is 0 Å². The molecule has 0 heterocycles. The molecule has 0 fully saturated rings. The van der Waals surface area contributed by atoms with Crippen molar-refractivity contribution in [2.45, 2.75) is 54.1 Å². The summed E-state index contributed by atoms with van der Waals surface area (Å²) in [5.41, 5.74) is 0. The lowest BCUT2D eigenvalue weighted by atomic mass is 10.4. The molecule has 0 aromatic rings. The van der Waals surface area contributed by atoms with E-state index in [0.29, 0.717) is 13.0 Å². The number of aliphatic hydroxyl groups is 2. The van der Waals surface area contributed by atoms with Gasteiger partial charge in [-0.05, 0) is 27.7 Å². The second-order valence-corrected chi connectivity index (χ2v) is 3.07. The SMILES string of the molecule is CC(C)O.CCC(C)=O.CCOC(C)=O.CO. The molecule has 0 bridgehead atoms. The largest absolute Gasteiger partial charge is 0.466 e. The Morgan fingerprint density at radius 1 is 1.12 bits per heavy atom. The van der Waals surface area contributed by atoms with Gasteiger partial charge in [-0.25, -0.2) is 0 Å². The van der Waals surface area contributed by atoms with Crippen LogP contribution in [-0.2, 0) is 14.3 Å². The van der Waals surface area contributed by atoms with Crippen LogP contribution in [-0.4, -0.2) is 41.8 Å². The van der Waals surface area contributed by atoms with Crippen molar-refractivity contribution in [3.63, 3.8) is 0 Å². The van der Waals surface area contributed by atoms with Gasteiger partial charge in [-0.1, -0.05) is 6.92 Å². The zero-order valence-corrected chi connectivity index (χ0v) is 12.1. The van der Waals surface area contributed by atoms with Crippen LogP contribution < -0.4 is 0 Å². The molecule has 5 nitrogen and oxygen atoms in total. The number of carbonyl (C=O) groups excluding carboxylic acids is 2. The molecule has 0 unspecified atom stereocenters. The summed E-state index contributed by atoms with van der Waals surface area (Å²) in [6, 6.07) is 0. The van der Waals surface area contributed by atoms with Gasteiger partial charge in [0.25, 0.3) is 0 Å². The Morgan fingerprint density at radius 3 is 1.35 bits per heavy atom. The smallest absolute Gasteiger partial charge is 0.302 e. The molecule has 0 rings (SSSR count). The zero-order chi connectivity index (χ0) is 14.9. The van der Waals surface area contributed by atoms with Crippen LogP contribution in [0.25, 0.3) is 0 Å². The predicted molar refractivity (Wildman–Crippen MR) is 68.8 cm³/mol. The monoisotopic (exact) mass is 252 g/mol. The fourth-order valence-electron chi connectivity index (χ4n) is 0.203. The van der Waals surface area contributed by atoms with Crippen molar-refractivity contribution in [2.75, 3.05) is 13.7 Å². The summed E-state index contributed by atoms with van der Waals surface area (Å²) in [5.74, 6) is 0.0440. The fraction of sp³-hybridized carbons (Fsp3) is 0.833. The van der Waals surface area contributed by atoms with Crippen LogP contribution >= 0.6 is 0 Å². The van der Waals surface area contributed by atoms with E-state index >= 15 is 0 Å². The topological polar surface area (TPSA) is 83.8 Å². The summed E-state index contributed by atoms with van der Waals surface area (Å²) in [5, 5.41) is 15.1. The number of rotatable bonds is 2. The number of Topliss-reactive ketones (excluding diaryl/α,β-unsaturated/α-hetero) is 1. The van der Waals surface area contributed by atoms with Crippen molar-refractivity contribution >= 4 is 11.8 Å². The molecule has 0 radical (unpaired) electrons. The normalized spacial score (nSPS) is 7.41. The summed E-state index contributed by atoms with van der Waals surface area (Å²) in [7, 11) is 1.00. The first-order valence-electron chi connectivity index (χ1n) is 5.53. The number of ether oxygens (including phenoxy) is 1. The van der Waals surface area contributed by atoms with Crippen molar-refractivity contribution in [3.8, 4) is 0 Å². The third-order valence-corrected chi connectivity index (χ3v) is 0.845. The molecule has 5 heteroatoms. The lowest BCUT2D eigenvalue weighted by Gasteiger charge is -1.89. The molecule has 0 saturated carbocycles. The number of carbonyl (C=O) groups is 2. The van der Waals surface area contributed by atoms with Gasteiger partial charge in [-0.15, -0.1) is 0 Å². The highest BCUT2D eigenvalue weighted by molar-refractivity contribution is 5.74. The molecule has 0 aliphatic heterocycles. The minimum atomic E-state index is -0.211. The summed E-state index contributed by atoms with van der Waals surface area (Å²) >= 11 is 0. The Hall–Kier alpha value is -0.940. The van der Waals surface area contributed by atoms with Crippen molar-refractivity contribution < 1.29 is 24.5 Å². The van der Waals surface area contributed by atoms with Gasteiger partial charge in [-0.2, -0.15) is 0 Å². The quantitative estimate of drug-likeness (QED) is 0.728. The molecule has 0 atom stereocenters. The Kier molecular flexibility index (Phi) is 35.9.